The van der Waals surface area contributed by atoms with Crippen LogP contribution in [0.25, 0.3) is 0 Å². The third-order valence-electron chi connectivity index (χ3n) is 3.40. The van der Waals surface area contributed by atoms with E-state index in [-0.39, 0.29) is 5.91 Å². The Bertz CT molecular complexity index is 590. The summed E-state index contributed by atoms with van der Waals surface area (Å²) in [5, 5.41) is 8.24. The molecule has 3 rings (SSSR count). The van der Waals surface area contributed by atoms with Crippen molar-refractivity contribution in [1.82, 2.24) is 24.9 Å². The maximum Gasteiger partial charge on any atom is 0.270 e. The number of H-pyrrole nitrogens is 1. The number of hydrogen-bond acceptors (Lipinski definition) is 4. The Morgan fingerprint density at radius 2 is 2.40 bits per heavy atom. The van der Waals surface area contributed by atoms with Crippen LogP contribution in [-0.4, -0.2) is 43.9 Å². The summed E-state index contributed by atoms with van der Waals surface area (Å²) in [5.41, 5.74) is 2.39. The van der Waals surface area contributed by atoms with E-state index in [1.807, 2.05) is 17.7 Å². The number of hydrogen-bond donors (Lipinski definition) is 1. The topological polar surface area (TPSA) is 76.0 Å². The molecule has 0 atom stereocenters. The van der Waals surface area contributed by atoms with Gasteiger partial charge < -0.3 is 14.6 Å². The summed E-state index contributed by atoms with van der Waals surface area (Å²) in [6.07, 6.45) is 1.75. The van der Waals surface area contributed by atoms with Crippen molar-refractivity contribution < 1.29 is 9.53 Å². The van der Waals surface area contributed by atoms with E-state index in [1.54, 1.807) is 17.2 Å². The van der Waals surface area contributed by atoms with Crippen molar-refractivity contribution in [2.24, 2.45) is 0 Å². The summed E-state index contributed by atoms with van der Waals surface area (Å²) < 4.78 is 7.24. The van der Waals surface area contributed by atoms with Crippen LogP contribution in [0, 0.1) is 0 Å². The number of amides is 1. The van der Waals surface area contributed by atoms with Gasteiger partial charge in [0.25, 0.3) is 5.91 Å². The molecule has 2 aromatic rings. The maximum absolute atomic E-state index is 12.3. The van der Waals surface area contributed by atoms with Crippen LogP contribution in [-0.2, 0) is 24.4 Å². The van der Waals surface area contributed by atoms with Gasteiger partial charge in [-0.3, -0.25) is 4.79 Å². The fraction of sp³-hybridized carbons (Fsp3) is 0.462. The lowest BCUT2D eigenvalue weighted by Crippen LogP contribution is -2.39. The van der Waals surface area contributed by atoms with Gasteiger partial charge in [0, 0.05) is 19.3 Å². The van der Waals surface area contributed by atoms with Crippen molar-refractivity contribution >= 4 is 5.91 Å². The zero-order chi connectivity index (χ0) is 13.9. The molecular formula is C13H17N5O2. The van der Waals surface area contributed by atoms with Gasteiger partial charge in [0.15, 0.2) is 0 Å². The van der Waals surface area contributed by atoms with Gasteiger partial charge in [-0.1, -0.05) is 5.21 Å². The van der Waals surface area contributed by atoms with Crippen LogP contribution >= 0.6 is 0 Å². The molecule has 7 nitrogen and oxygen atoms in total. The second-order valence-corrected chi connectivity index (χ2v) is 4.65. The van der Waals surface area contributed by atoms with Crippen LogP contribution < -0.4 is 0 Å². The van der Waals surface area contributed by atoms with Gasteiger partial charge in [0.05, 0.1) is 25.4 Å². The Balaban J connectivity index is 1.77. The first-order valence-corrected chi connectivity index (χ1v) is 6.71. The summed E-state index contributed by atoms with van der Waals surface area (Å²) in [4.78, 5) is 17.1. The first-order chi connectivity index (χ1) is 9.79. The largest absolute Gasteiger partial charge is 0.375 e. The molecule has 0 saturated carbocycles. The van der Waals surface area contributed by atoms with E-state index in [0.717, 1.165) is 11.4 Å². The smallest absolute Gasteiger partial charge is 0.270 e. The van der Waals surface area contributed by atoms with Crippen molar-refractivity contribution in [3.05, 3.63) is 35.4 Å². The quantitative estimate of drug-likeness (QED) is 0.895. The molecule has 0 bridgehead atoms. The number of fused-ring (bicyclic) bond motifs is 1. The molecule has 0 unspecified atom stereocenters. The third-order valence-corrected chi connectivity index (χ3v) is 3.40. The Kier molecular flexibility index (Phi) is 3.51. The zero-order valence-corrected chi connectivity index (χ0v) is 11.4. The minimum absolute atomic E-state index is 0.00445. The Labute approximate surface area is 116 Å². The van der Waals surface area contributed by atoms with Crippen molar-refractivity contribution in [3.8, 4) is 0 Å². The molecule has 0 saturated heterocycles. The number of nitrogens with zero attached hydrogens (tertiary/aromatic N) is 4. The van der Waals surface area contributed by atoms with Gasteiger partial charge >= 0.3 is 0 Å². The number of aromatic amines is 1. The summed E-state index contributed by atoms with van der Waals surface area (Å²) in [6, 6.07) is 3.61. The molecule has 0 fully saturated rings. The molecule has 0 aliphatic carbocycles. The fourth-order valence-corrected chi connectivity index (χ4v) is 2.31. The number of carbonyl (C=O) groups excluding carboxylic acids is 1. The molecule has 20 heavy (non-hydrogen) atoms. The molecule has 7 heteroatoms. The van der Waals surface area contributed by atoms with Crippen LogP contribution in [0.5, 0.6) is 0 Å². The van der Waals surface area contributed by atoms with Gasteiger partial charge in [0.1, 0.15) is 11.4 Å². The summed E-state index contributed by atoms with van der Waals surface area (Å²) in [5.74, 6) is 0.00445. The van der Waals surface area contributed by atoms with Gasteiger partial charge in [-0.25, -0.2) is 4.68 Å². The van der Waals surface area contributed by atoms with E-state index < -0.39 is 0 Å². The lowest BCUT2D eigenvalue weighted by Gasteiger charge is -2.27. The standard InChI is InChI=1S/C13H17N5O2/c1-2-20-9-11-12-8-17(6-7-18(12)16-15-11)13(19)10-4-3-5-14-10/h3-5,14H,2,6-9H2,1H3. The van der Waals surface area contributed by atoms with E-state index in [2.05, 4.69) is 15.3 Å². The normalized spacial score (nSPS) is 14.3. The molecular weight excluding hydrogens is 258 g/mol. The number of ether oxygens (including phenoxy) is 1. The van der Waals surface area contributed by atoms with Gasteiger partial charge in [0.2, 0.25) is 0 Å². The summed E-state index contributed by atoms with van der Waals surface area (Å²) in [7, 11) is 0. The first kappa shape index (κ1) is 12.9. The molecule has 1 amide bonds. The van der Waals surface area contributed by atoms with Crippen LogP contribution in [0.4, 0.5) is 0 Å². The molecule has 1 aliphatic heterocycles. The Hall–Kier alpha value is -2.15. The van der Waals surface area contributed by atoms with E-state index in [0.29, 0.717) is 38.5 Å². The van der Waals surface area contributed by atoms with E-state index >= 15 is 0 Å². The van der Waals surface area contributed by atoms with E-state index in [1.165, 1.54) is 0 Å². The molecule has 3 heterocycles. The average molecular weight is 275 g/mol. The highest BCUT2D eigenvalue weighted by Crippen LogP contribution is 2.17. The average Bonchev–Trinajstić information content (AvgIpc) is 3.13. The number of aromatic nitrogens is 4. The monoisotopic (exact) mass is 275 g/mol. The maximum atomic E-state index is 12.3. The SMILES string of the molecule is CCOCc1nnn2c1CN(C(=O)c1ccc[nH]1)CC2. The summed E-state index contributed by atoms with van der Waals surface area (Å²) >= 11 is 0. The highest BCUT2D eigenvalue weighted by Gasteiger charge is 2.25. The number of nitrogens with one attached hydrogen (secondary N) is 1. The predicted molar refractivity (Wildman–Crippen MR) is 70.9 cm³/mol. The predicted octanol–water partition coefficient (Wildman–Crippen LogP) is 0.799. The van der Waals surface area contributed by atoms with Crippen LogP contribution in [0.1, 0.15) is 28.8 Å². The lowest BCUT2D eigenvalue weighted by molar-refractivity contribution is 0.0696. The lowest BCUT2D eigenvalue weighted by atomic mass is 10.2. The van der Waals surface area contributed by atoms with E-state index in [4.69, 9.17) is 4.74 Å². The Morgan fingerprint density at radius 3 is 3.15 bits per heavy atom. The fourth-order valence-electron chi connectivity index (χ4n) is 2.31. The number of rotatable bonds is 4. The number of carbonyl (C=O) groups is 1. The third kappa shape index (κ3) is 2.32. The second kappa shape index (κ2) is 5.46. The molecule has 0 spiro atoms. The van der Waals surface area contributed by atoms with Crippen molar-refractivity contribution in [2.75, 3.05) is 13.2 Å². The highest BCUT2D eigenvalue weighted by atomic mass is 16.5. The van der Waals surface area contributed by atoms with Crippen LogP contribution in [0.15, 0.2) is 18.3 Å². The van der Waals surface area contributed by atoms with Crippen LogP contribution in [0.3, 0.4) is 0 Å². The molecule has 1 N–H and O–H groups in total. The molecule has 1 aliphatic rings. The summed E-state index contributed by atoms with van der Waals surface area (Å²) in [6.45, 7) is 4.85. The second-order valence-electron chi connectivity index (χ2n) is 4.65. The van der Waals surface area contributed by atoms with E-state index in [9.17, 15) is 4.79 Å². The minimum Gasteiger partial charge on any atom is -0.375 e. The zero-order valence-electron chi connectivity index (χ0n) is 11.4. The molecule has 0 aromatic carbocycles. The minimum atomic E-state index is 0.00445. The molecule has 106 valence electrons. The van der Waals surface area contributed by atoms with Gasteiger partial charge in [-0.15, -0.1) is 5.10 Å². The van der Waals surface area contributed by atoms with Crippen molar-refractivity contribution in [1.29, 1.82) is 0 Å². The van der Waals surface area contributed by atoms with Crippen molar-refractivity contribution in [2.45, 2.75) is 26.6 Å². The first-order valence-electron chi connectivity index (χ1n) is 6.71. The highest BCUT2D eigenvalue weighted by molar-refractivity contribution is 5.92. The Morgan fingerprint density at radius 1 is 1.50 bits per heavy atom. The molecule has 2 aromatic heterocycles. The van der Waals surface area contributed by atoms with Crippen molar-refractivity contribution in [3.63, 3.8) is 0 Å². The van der Waals surface area contributed by atoms with Gasteiger partial charge in [-0.05, 0) is 19.1 Å². The molecule has 0 radical (unpaired) electrons. The van der Waals surface area contributed by atoms with Crippen LogP contribution in [0.2, 0.25) is 0 Å². The van der Waals surface area contributed by atoms with Gasteiger partial charge in [-0.2, -0.15) is 0 Å².